The van der Waals surface area contributed by atoms with Crippen molar-refractivity contribution in [1.82, 2.24) is 10.3 Å². The number of thiazole rings is 1. The van der Waals surface area contributed by atoms with Crippen molar-refractivity contribution >= 4 is 41.6 Å². The Morgan fingerprint density at radius 1 is 0.972 bits per heavy atom. The third-order valence-corrected chi connectivity index (χ3v) is 13.1. The van der Waals surface area contributed by atoms with Crippen molar-refractivity contribution in [3.05, 3.63) is 72.2 Å². The van der Waals surface area contributed by atoms with Gasteiger partial charge in [-0.2, -0.15) is 0 Å². The fourth-order valence-electron chi connectivity index (χ4n) is 5.35. The van der Waals surface area contributed by atoms with Gasteiger partial charge in [0.2, 0.25) is 6.41 Å². The number of anilines is 1. The van der Waals surface area contributed by atoms with Crippen LogP contribution in [0, 0.1) is 0 Å². The van der Waals surface area contributed by atoms with Gasteiger partial charge in [-0.3, -0.25) is 4.79 Å². The van der Waals surface area contributed by atoms with Gasteiger partial charge in [0.15, 0.2) is 5.13 Å². The molecule has 0 spiro atoms. The van der Waals surface area contributed by atoms with Crippen molar-refractivity contribution in [2.24, 2.45) is 0 Å². The van der Waals surface area contributed by atoms with E-state index in [0.717, 1.165) is 24.6 Å². The van der Waals surface area contributed by atoms with Gasteiger partial charge >= 0.3 is 0 Å². The number of aromatic nitrogens is 1. The Morgan fingerprint density at radius 2 is 1.56 bits per heavy atom. The highest BCUT2D eigenvalue weighted by Crippen LogP contribution is 2.39. The van der Waals surface area contributed by atoms with Crippen molar-refractivity contribution < 1.29 is 9.22 Å². The molecule has 0 atom stereocenters. The van der Waals surface area contributed by atoms with E-state index in [1.54, 1.807) is 11.3 Å². The van der Waals surface area contributed by atoms with Gasteiger partial charge in [0.25, 0.3) is 8.32 Å². The molecule has 192 valence electrons. The number of hydrogen-bond donors (Lipinski definition) is 1. The predicted molar refractivity (Wildman–Crippen MR) is 153 cm³/mol. The lowest BCUT2D eigenvalue weighted by atomic mass is 9.96. The normalized spacial score (nSPS) is 17.0. The van der Waals surface area contributed by atoms with Gasteiger partial charge < -0.3 is 14.6 Å². The number of hydrogen-bond acceptors (Lipinski definition) is 5. The molecule has 0 unspecified atom stereocenters. The van der Waals surface area contributed by atoms with E-state index in [1.165, 1.54) is 42.5 Å². The van der Waals surface area contributed by atoms with Crippen molar-refractivity contribution in [2.75, 3.05) is 18.0 Å². The number of nitrogens with one attached hydrogen (secondary N) is 1. The van der Waals surface area contributed by atoms with Crippen LogP contribution in [0.3, 0.4) is 0 Å². The summed E-state index contributed by atoms with van der Waals surface area (Å²) in [5, 5.41) is 8.64. The Bertz CT molecular complexity index is 1010. The highest BCUT2D eigenvalue weighted by molar-refractivity contribution is 7.13. The first-order valence-electron chi connectivity index (χ1n) is 13.1. The van der Waals surface area contributed by atoms with Crippen LogP contribution in [0.25, 0.3) is 0 Å². The lowest BCUT2D eigenvalue weighted by molar-refractivity contribution is -0.110. The van der Waals surface area contributed by atoms with E-state index >= 15 is 0 Å². The Balaban J connectivity index is 0.000000286. The zero-order valence-electron chi connectivity index (χ0n) is 21.7. The molecule has 1 aromatic heterocycles. The van der Waals surface area contributed by atoms with Crippen molar-refractivity contribution in [1.29, 1.82) is 0 Å². The van der Waals surface area contributed by atoms with Crippen LogP contribution in [0.2, 0.25) is 5.04 Å². The van der Waals surface area contributed by atoms with Crippen LogP contribution in [-0.4, -0.2) is 44.9 Å². The maximum absolute atomic E-state index is 9.96. The van der Waals surface area contributed by atoms with Crippen LogP contribution in [0.15, 0.2) is 72.2 Å². The first-order chi connectivity index (χ1) is 17.4. The summed E-state index contributed by atoms with van der Waals surface area (Å²) in [6, 6.07) is 22.2. The summed E-state index contributed by atoms with van der Waals surface area (Å²) >= 11 is 1.70. The molecule has 1 saturated carbocycles. The maximum atomic E-state index is 9.96. The Labute approximate surface area is 221 Å². The molecule has 1 N–H and O–H groups in total. The number of carbonyl (C=O) groups is 1. The average molecular weight is 522 g/mol. The molecule has 1 saturated heterocycles. The predicted octanol–water partition coefficient (Wildman–Crippen LogP) is 4.97. The van der Waals surface area contributed by atoms with Gasteiger partial charge in [0.1, 0.15) is 0 Å². The number of carbonyl (C=O) groups excluding carboxylic acids is 1. The molecule has 0 radical (unpaired) electrons. The molecule has 0 bridgehead atoms. The molecule has 2 heterocycles. The van der Waals surface area contributed by atoms with E-state index in [4.69, 9.17) is 4.43 Å². The highest BCUT2D eigenvalue weighted by Gasteiger charge is 2.52. The molecule has 36 heavy (non-hydrogen) atoms. The minimum absolute atomic E-state index is 0.0251. The second-order valence-electron chi connectivity index (χ2n) is 10.7. The fourth-order valence-corrected chi connectivity index (χ4v) is 10.7. The van der Waals surface area contributed by atoms with Crippen molar-refractivity contribution in [3.8, 4) is 0 Å². The lowest BCUT2D eigenvalue weighted by Crippen LogP contribution is -2.70. The molecule has 2 aliphatic rings. The number of amides is 1. The summed E-state index contributed by atoms with van der Waals surface area (Å²) in [4.78, 5) is 16.7. The standard InChI is InChI=1S/C22H26N2OSSi.C7H13NO/c1-22(2,3)27(19-10-6-4-7-11-19,20-12-8-5-9-13-20)25-18-16-24(17-18)21-23-14-15-26-21;9-6-8-7-4-2-1-3-5-7/h4-15,18H,16-17H2,1-3H3;6-7H,1-5H2,(H,8,9). The third kappa shape index (κ3) is 6.07. The summed E-state index contributed by atoms with van der Waals surface area (Å²) in [5.74, 6) is 0. The molecule has 1 aliphatic heterocycles. The molecule has 5 rings (SSSR count). The number of rotatable bonds is 7. The molecule has 7 heteroatoms. The first kappa shape index (κ1) is 26.6. The van der Waals surface area contributed by atoms with Gasteiger partial charge in [0.05, 0.1) is 6.10 Å². The molecular weight excluding hydrogens is 482 g/mol. The smallest absolute Gasteiger partial charge is 0.261 e. The van der Waals surface area contributed by atoms with E-state index in [-0.39, 0.29) is 11.1 Å². The molecular formula is C29H39N3O2SSi. The monoisotopic (exact) mass is 521 g/mol. The van der Waals surface area contributed by atoms with E-state index in [0.29, 0.717) is 6.04 Å². The fraction of sp³-hybridized carbons (Fsp3) is 0.448. The van der Waals surface area contributed by atoms with E-state index < -0.39 is 8.32 Å². The number of benzene rings is 2. The van der Waals surface area contributed by atoms with Gasteiger partial charge in [-0.25, -0.2) is 4.98 Å². The van der Waals surface area contributed by atoms with Crippen LogP contribution in [0.5, 0.6) is 0 Å². The Kier molecular flexibility index (Phi) is 8.98. The molecule has 1 aliphatic carbocycles. The Hall–Kier alpha value is -2.48. The van der Waals surface area contributed by atoms with Crippen LogP contribution in [0.4, 0.5) is 5.13 Å². The van der Waals surface area contributed by atoms with E-state index in [1.807, 2.05) is 11.6 Å². The topological polar surface area (TPSA) is 54.5 Å². The quantitative estimate of drug-likeness (QED) is 0.352. The zero-order valence-corrected chi connectivity index (χ0v) is 23.5. The minimum Gasteiger partial charge on any atom is -0.401 e. The molecule has 2 fully saturated rings. The summed E-state index contributed by atoms with van der Waals surface area (Å²) in [6.07, 6.45) is 9.19. The second-order valence-corrected chi connectivity index (χ2v) is 15.9. The molecule has 1 amide bonds. The third-order valence-electron chi connectivity index (χ3n) is 7.21. The highest BCUT2D eigenvalue weighted by atomic mass is 32.1. The summed E-state index contributed by atoms with van der Waals surface area (Å²) in [7, 11) is -2.44. The van der Waals surface area contributed by atoms with Gasteiger partial charge in [-0.1, -0.05) is 101 Å². The van der Waals surface area contributed by atoms with Gasteiger partial charge in [-0.15, -0.1) is 11.3 Å². The van der Waals surface area contributed by atoms with Crippen molar-refractivity contribution in [2.45, 2.75) is 70.1 Å². The van der Waals surface area contributed by atoms with Crippen LogP contribution < -0.4 is 20.6 Å². The second kappa shape index (κ2) is 12.2. The van der Waals surface area contributed by atoms with Crippen molar-refractivity contribution in [3.63, 3.8) is 0 Å². The number of nitrogens with zero attached hydrogens (tertiary/aromatic N) is 2. The lowest BCUT2D eigenvalue weighted by Gasteiger charge is -2.49. The molecule has 3 aromatic rings. The minimum atomic E-state index is -2.44. The maximum Gasteiger partial charge on any atom is 0.261 e. The first-order valence-corrected chi connectivity index (χ1v) is 15.9. The summed E-state index contributed by atoms with van der Waals surface area (Å²) < 4.78 is 7.11. The zero-order chi connectivity index (χ0) is 25.4. The van der Waals surface area contributed by atoms with E-state index in [9.17, 15) is 4.79 Å². The molecule has 5 nitrogen and oxygen atoms in total. The Morgan fingerprint density at radius 3 is 2.03 bits per heavy atom. The summed E-state index contributed by atoms with van der Waals surface area (Å²) in [6.45, 7) is 8.82. The van der Waals surface area contributed by atoms with Gasteiger partial charge in [0, 0.05) is 30.7 Å². The van der Waals surface area contributed by atoms with E-state index in [2.05, 4.69) is 96.6 Å². The average Bonchev–Trinajstić information content (AvgIpc) is 3.40. The van der Waals surface area contributed by atoms with Gasteiger partial charge in [-0.05, 0) is 28.3 Å². The summed E-state index contributed by atoms with van der Waals surface area (Å²) in [5.41, 5.74) is 0. The molecule has 2 aromatic carbocycles. The van der Waals surface area contributed by atoms with Crippen LogP contribution in [-0.2, 0) is 9.22 Å². The van der Waals surface area contributed by atoms with Crippen LogP contribution in [0.1, 0.15) is 52.9 Å². The largest absolute Gasteiger partial charge is 0.401 e. The SMILES string of the molecule is CC(C)(C)[Si](OC1CN(c2nccs2)C1)(c1ccccc1)c1ccccc1.O=CNC1CCCCC1. The van der Waals surface area contributed by atoms with Crippen LogP contribution >= 0.6 is 11.3 Å².